The second kappa shape index (κ2) is 9.69. The van der Waals surface area contributed by atoms with Gasteiger partial charge in [-0.3, -0.25) is 0 Å². The lowest BCUT2D eigenvalue weighted by molar-refractivity contribution is 0.214. The summed E-state index contributed by atoms with van der Waals surface area (Å²) in [5.41, 5.74) is 2.08. The summed E-state index contributed by atoms with van der Waals surface area (Å²) in [5.74, 6) is 0.838. The van der Waals surface area contributed by atoms with Gasteiger partial charge in [-0.2, -0.15) is 0 Å². The first-order chi connectivity index (χ1) is 12.1. The SMILES string of the molecule is COc1ccc(CCC(C)NC(=O)NC(CO)c2ccccc2)cc1. The van der Waals surface area contributed by atoms with E-state index in [1.54, 1.807) is 7.11 Å². The van der Waals surface area contributed by atoms with Crippen molar-refractivity contribution in [1.82, 2.24) is 10.6 Å². The van der Waals surface area contributed by atoms with Crippen molar-refractivity contribution in [2.45, 2.75) is 31.8 Å². The standard InChI is InChI=1S/C20H26N2O3/c1-15(8-9-16-10-12-18(25-2)13-11-16)21-20(24)22-19(14-23)17-6-4-3-5-7-17/h3-7,10-13,15,19,23H,8-9,14H2,1-2H3,(H2,21,22,24). The van der Waals surface area contributed by atoms with Gasteiger partial charge in [-0.25, -0.2) is 4.79 Å². The van der Waals surface area contributed by atoms with Gasteiger partial charge in [0.2, 0.25) is 0 Å². The zero-order chi connectivity index (χ0) is 18.1. The largest absolute Gasteiger partial charge is 0.497 e. The number of aliphatic hydroxyl groups is 1. The minimum absolute atomic E-state index is 0.0252. The lowest BCUT2D eigenvalue weighted by Gasteiger charge is -2.20. The van der Waals surface area contributed by atoms with Gasteiger partial charge in [0.1, 0.15) is 5.75 Å². The fraction of sp³-hybridized carbons (Fsp3) is 0.350. The van der Waals surface area contributed by atoms with Crippen LogP contribution in [0.25, 0.3) is 0 Å². The molecule has 0 heterocycles. The van der Waals surface area contributed by atoms with Gasteiger partial charge in [-0.05, 0) is 43.0 Å². The van der Waals surface area contributed by atoms with Crippen LogP contribution in [-0.4, -0.2) is 30.9 Å². The minimum atomic E-state index is -0.407. The van der Waals surface area contributed by atoms with Crippen LogP contribution in [0.2, 0.25) is 0 Å². The quantitative estimate of drug-likeness (QED) is 0.690. The molecule has 0 aliphatic heterocycles. The van der Waals surface area contributed by atoms with E-state index >= 15 is 0 Å². The summed E-state index contributed by atoms with van der Waals surface area (Å²) in [7, 11) is 1.65. The molecule has 0 aliphatic rings. The van der Waals surface area contributed by atoms with E-state index in [-0.39, 0.29) is 18.7 Å². The molecular formula is C20H26N2O3. The Balaban J connectivity index is 1.78. The zero-order valence-corrected chi connectivity index (χ0v) is 14.7. The van der Waals surface area contributed by atoms with E-state index < -0.39 is 6.04 Å². The van der Waals surface area contributed by atoms with Crippen LogP contribution in [0, 0.1) is 0 Å². The van der Waals surface area contributed by atoms with Crippen molar-refractivity contribution >= 4 is 6.03 Å². The molecule has 3 N–H and O–H groups in total. The minimum Gasteiger partial charge on any atom is -0.497 e. The number of benzene rings is 2. The number of carbonyl (C=O) groups excluding carboxylic acids is 1. The van der Waals surface area contributed by atoms with Crippen molar-refractivity contribution in [2.75, 3.05) is 13.7 Å². The number of carbonyl (C=O) groups is 1. The monoisotopic (exact) mass is 342 g/mol. The number of methoxy groups -OCH3 is 1. The fourth-order valence-electron chi connectivity index (χ4n) is 2.59. The number of hydrogen-bond acceptors (Lipinski definition) is 3. The highest BCUT2D eigenvalue weighted by atomic mass is 16.5. The molecule has 134 valence electrons. The van der Waals surface area contributed by atoms with Gasteiger partial charge in [0.15, 0.2) is 0 Å². The third-order valence-corrected chi connectivity index (χ3v) is 4.09. The normalized spacial score (nSPS) is 12.9. The van der Waals surface area contributed by atoms with Crippen LogP contribution in [-0.2, 0) is 6.42 Å². The van der Waals surface area contributed by atoms with Crippen molar-refractivity contribution in [3.63, 3.8) is 0 Å². The van der Waals surface area contributed by atoms with E-state index in [2.05, 4.69) is 10.6 Å². The summed E-state index contributed by atoms with van der Waals surface area (Å²) in [6, 6.07) is 16.7. The van der Waals surface area contributed by atoms with E-state index in [0.717, 1.165) is 24.2 Å². The van der Waals surface area contributed by atoms with Gasteiger partial charge >= 0.3 is 6.03 Å². The lowest BCUT2D eigenvalue weighted by Crippen LogP contribution is -2.43. The third-order valence-electron chi connectivity index (χ3n) is 4.09. The number of urea groups is 1. The Hall–Kier alpha value is -2.53. The molecular weight excluding hydrogens is 316 g/mol. The Morgan fingerprint density at radius 3 is 2.36 bits per heavy atom. The van der Waals surface area contributed by atoms with Crippen LogP contribution in [0.5, 0.6) is 5.75 Å². The summed E-state index contributed by atoms with van der Waals surface area (Å²) in [6.07, 6.45) is 1.70. The summed E-state index contributed by atoms with van der Waals surface area (Å²) < 4.78 is 5.15. The van der Waals surface area contributed by atoms with Gasteiger partial charge in [0.05, 0.1) is 19.8 Å². The van der Waals surface area contributed by atoms with Gasteiger partial charge in [-0.1, -0.05) is 42.5 Å². The van der Waals surface area contributed by atoms with Crippen LogP contribution in [0.3, 0.4) is 0 Å². The molecule has 2 atom stereocenters. The van der Waals surface area contributed by atoms with Crippen molar-refractivity contribution in [3.8, 4) is 5.75 Å². The van der Waals surface area contributed by atoms with Gasteiger partial charge in [0.25, 0.3) is 0 Å². The highest BCUT2D eigenvalue weighted by molar-refractivity contribution is 5.74. The number of amides is 2. The van der Waals surface area contributed by atoms with Gasteiger partial charge in [0, 0.05) is 6.04 Å². The Morgan fingerprint density at radius 1 is 1.08 bits per heavy atom. The maximum Gasteiger partial charge on any atom is 0.315 e. The summed E-state index contributed by atoms with van der Waals surface area (Å²) in [4.78, 5) is 12.1. The smallest absolute Gasteiger partial charge is 0.315 e. The summed E-state index contributed by atoms with van der Waals surface area (Å²) >= 11 is 0. The summed E-state index contributed by atoms with van der Waals surface area (Å²) in [6.45, 7) is 1.83. The van der Waals surface area contributed by atoms with Crippen molar-refractivity contribution in [1.29, 1.82) is 0 Å². The average Bonchev–Trinajstić information content (AvgIpc) is 2.65. The third kappa shape index (κ3) is 6.12. The molecule has 2 unspecified atom stereocenters. The molecule has 0 spiro atoms. The van der Waals surface area contributed by atoms with E-state index in [0.29, 0.717) is 0 Å². The lowest BCUT2D eigenvalue weighted by atomic mass is 10.1. The number of ether oxygens (including phenoxy) is 1. The molecule has 2 aromatic rings. The predicted molar refractivity (Wildman–Crippen MR) is 98.7 cm³/mol. The maximum absolute atomic E-state index is 12.1. The van der Waals surface area contributed by atoms with Crippen LogP contribution >= 0.6 is 0 Å². The Bertz CT molecular complexity index is 644. The molecule has 5 heteroatoms. The first-order valence-electron chi connectivity index (χ1n) is 8.48. The topological polar surface area (TPSA) is 70.6 Å². The molecule has 0 aromatic heterocycles. The summed E-state index contributed by atoms with van der Waals surface area (Å²) in [5, 5.41) is 15.2. The van der Waals surface area contributed by atoms with Crippen LogP contribution in [0.1, 0.15) is 30.5 Å². The number of hydrogen-bond donors (Lipinski definition) is 3. The van der Waals surface area contributed by atoms with Crippen LogP contribution in [0.4, 0.5) is 4.79 Å². The van der Waals surface area contributed by atoms with Crippen molar-refractivity contribution in [2.24, 2.45) is 0 Å². The Morgan fingerprint density at radius 2 is 1.76 bits per heavy atom. The molecule has 2 aromatic carbocycles. The van der Waals surface area contributed by atoms with Crippen molar-refractivity contribution in [3.05, 3.63) is 65.7 Å². The first-order valence-corrected chi connectivity index (χ1v) is 8.48. The van der Waals surface area contributed by atoms with E-state index in [1.807, 2.05) is 61.5 Å². The zero-order valence-electron chi connectivity index (χ0n) is 14.7. The fourth-order valence-corrected chi connectivity index (χ4v) is 2.59. The second-order valence-electron chi connectivity index (χ2n) is 6.05. The molecule has 25 heavy (non-hydrogen) atoms. The average molecular weight is 342 g/mol. The molecule has 0 saturated heterocycles. The van der Waals surface area contributed by atoms with Crippen molar-refractivity contribution < 1.29 is 14.6 Å². The number of nitrogens with one attached hydrogen (secondary N) is 2. The molecule has 2 amide bonds. The molecule has 5 nitrogen and oxygen atoms in total. The second-order valence-corrected chi connectivity index (χ2v) is 6.05. The van der Waals surface area contributed by atoms with Gasteiger partial charge < -0.3 is 20.5 Å². The molecule has 2 rings (SSSR count). The molecule has 0 saturated carbocycles. The highest BCUT2D eigenvalue weighted by Crippen LogP contribution is 2.14. The van der Waals surface area contributed by atoms with E-state index in [4.69, 9.17) is 4.74 Å². The first kappa shape index (κ1) is 18.8. The van der Waals surface area contributed by atoms with E-state index in [1.165, 1.54) is 5.56 Å². The number of aliphatic hydroxyl groups excluding tert-OH is 1. The molecule has 0 fully saturated rings. The van der Waals surface area contributed by atoms with Gasteiger partial charge in [-0.15, -0.1) is 0 Å². The van der Waals surface area contributed by atoms with Crippen LogP contribution < -0.4 is 15.4 Å². The Kier molecular flexibility index (Phi) is 7.29. The Labute approximate surface area is 149 Å². The maximum atomic E-state index is 12.1. The molecule has 0 radical (unpaired) electrons. The number of rotatable bonds is 8. The van der Waals surface area contributed by atoms with Crippen LogP contribution in [0.15, 0.2) is 54.6 Å². The number of aryl methyl sites for hydroxylation is 1. The van der Waals surface area contributed by atoms with E-state index in [9.17, 15) is 9.90 Å². The molecule has 0 bridgehead atoms. The molecule has 0 aliphatic carbocycles. The highest BCUT2D eigenvalue weighted by Gasteiger charge is 2.14. The predicted octanol–water partition coefficient (Wildman–Crippen LogP) is 3.05.